The number of rotatable bonds is 3. The molecule has 3 atom stereocenters. The summed E-state index contributed by atoms with van der Waals surface area (Å²) >= 11 is 0. The second kappa shape index (κ2) is 6.52. The van der Waals surface area contributed by atoms with E-state index in [1.165, 1.54) is 18.3 Å². The Kier molecular flexibility index (Phi) is 4.29. The number of piperidine rings is 1. The highest BCUT2D eigenvalue weighted by atomic mass is 19.4. The fourth-order valence-corrected chi connectivity index (χ4v) is 3.73. The van der Waals surface area contributed by atoms with Gasteiger partial charge in [-0.25, -0.2) is 0 Å². The molecule has 2 saturated heterocycles. The summed E-state index contributed by atoms with van der Waals surface area (Å²) in [6.45, 7) is 2.94. The van der Waals surface area contributed by atoms with Crippen LogP contribution in [0.1, 0.15) is 23.3 Å². The highest BCUT2D eigenvalue weighted by Crippen LogP contribution is 2.28. The van der Waals surface area contributed by atoms with Gasteiger partial charge in [-0.15, -0.1) is 0 Å². The van der Waals surface area contributed by atoms with Gasteiger partial charge in [0.1, 0.15) is 11.3 Å². The van der Waals surface area contributed by atoms with Crippen LogP contribution in [0.2, 0.25) is 0 Å². The van der Waals surface area contributed by atoms with Gasteiger partial charge in [0, 0.05) is 42.8 Å². The van der Waals surface area contributed by atoms with Crippen LogP contribution in [-0.2, 0) is 4.79 Å². The zero-order chi connectivity index (χ0) is 19.2. The molecule has 0 aliphatic carbocycles. The zero-order valence-corrected chi connectivity index (χ0v) is 14.2. The summed E-state index contributed by atoms with van der Waals surface area (Å²) in [5.41, 5.74) is 0.276. The van der Waals surface area contributed by atoms with Crippen molar-refractivity contribution in [2.24, 2.45) is 5.92 Å². The van der Waals surface area contributed by atoms with Crippen LogP contribution in [0.4, 0.5) is 19.1 Å². The lowest BCUT2D eigenvalue weighted by atomic mass is 9.97. The number of pyridine rings is 1. The molecule has 4 rings (SSSR count). The zero-order valence-electron chi connectivity index (χ0n) is 14.2. The van der Waals surface area contributed by atoms with Crippen LogP contribution in [0, 0.1) is 5.92 Å². The van der Waals surface area contributed by atoms with Gasteiger partial charge >= 0.3 is 12.1 Å². The van der Waals surface area contributed by atoms with Crippen LogP contribution >= 0.6 is 0 Å². The Hall–Kier alpha value is -2.62. The van der Waals surface area contributed by atoms with Crippen LogP contribution in [0.25, 0.3) is 11.0 Å². The maximum absolute atomic E-state index is 12.5. The van der Waals surface area contributed by atoms with Crippen LogP contribution < -0.4 is 10.6 Å². The molecule has 1 unspecified atom stereocenters. The molecule has 0 radical (unpaired) electrons. The number of halogens is 3. The average molecular weight is 382 g/mol. The Balaban J connectivity index is 1.46. The summed E-state index contributed by atoms with van der Waals surface area (Å²) in [5.74, 6) is -2.25. The number of anilines is 1. The van der Waals surface area contributed by atoms with Crippen molar-refractivity contribution in [3.63, 3.8) is 0 Å². The molecule has 7 nitrogen and oxygen atoms in total. The lowest BCUT2D eigenvalue weighted by molar-refractivity contribution is -0.167. The number of alkyl halides is 3. The van der Waals surface area contributed by atoms with Crippen molar-refractivity contribution in [2.45, 2.75) is 25.1 Å². The van der Waals surface area contributed by atoms with Crippen molar-refractivity contribution >= 4 is 28.7 Å². The van der Waals surface area contributed by atoms with Gasteiger partial charge in [-0.3, -0.25) is 19.9 Å². The highest BCUT2D eigenvalue weighted by molar-refractivity contribution is 5.98. The van der Waals surface area contributed by atoms with Gasteiger partial charge in [-0.05, 0) is 25.3 Å². The number of carbonyl (C=O) groups excluding carboxylic acids is 2. The fourth-order valence-electron chi connectivity index (χ4n) is 3.73. The van der Waals surface area contributed by atoms with E-state index in [0.29, 0.717) is 11.3 Å². The number of furan rings is 1. The third kappa shape index (κ3) is 3.75. The standard InChI is InChI=1S/C17H17F3N4O3/c18-17(19,20)16(26)23-14-4-10-6-21-12(5-13(10)27-14)15(25)22-11-3-9-1-2-24(7-9)8-11/h4-6,9,11H,1-3,7-8H2,(H,22,25)(H,23,26)/t9-,11-/m1/s1. The molecule has 2 aliphatic rings. The molecule has 2 aromatic rings. The maximum Gasteiger partial charge on any atom is 0.471 e. The van der Waals surface area contributed by atoms with E-state index >= 15 is 0 Å². The van der Waals surface area contributed by atoms with Crippen molar-refractivity contribution in [3.8, 4) is 0 Å². The molecule has 0 aromatic carbocycles. The number of hydrogen-bond donors (Lipinski definition) is 2. The molecule has 0 saturated carbocycles. The van der Waals surface area contributed by atoms with Crippen molar-refractivity contribution in [1.29, 1.82) is 0 Å². The van der Waals surface area contributed by atoms with Gasteiger partial charge in [0.2, 0.25) is 5.88 Å². The third-order valence-electron chi connectivity index (χ3n) is 4.93. The van der Waals surface area contributed by atoms with Crippen LogP contribution in [0.3, 0.4) is 0 Å². The number of nitrogens with zero attached hydrogens (tertiary/aromatic N) is 2. The Labute approximate surface area is 151 Å². The molecule has 2 bridgehead atoms. The van der Waals surface area contributed by atoms with E-state index < -0.39 is 12.1 Å². The predicted molar refractivity (Wildman–Crippen MR) is 89.1 cm³/mol. The monoisotopic (exact) mass is 382 g/mol. The molecular formula is C17H17F3N4O3. The number of hydrogen-bond acceptors (Lipinski definition) is 5. The normalized spacial score (nSPS) is 24.8. The first kappa shape index (κ1) is 17.8. The quantitative estimate of drug-likeness (QED) is 0.850. The predicted octanol–water partition coefficient (Wildman–Crippen LogP) is 2.15. The van der Waals surface area contributed by atoms with E-state index in [9.17, 15) is 22.8 Å². The van der Waals surface area contributed by atoms with E-state index in [2.05, 4.69) is 15.2 Å². The lowest BCUT2D eigenvalue weighted by Gasteiger charge is -2.30. The highest BCUT2D eigenvalue weighted by Gasteiger charge is 2.39. The maximum atomic E-state index is 12.5. The Bertz CT molecular complexity index is 883. The largest absolute Gasteiger partial charge is 0.471 e. The first-order valence-electron chi connectivity index (χ1n) is 8.59. The first-order chi connectivity index (χ1) is 12.8. The summed E-state index contributed by atoms with van der Waals surface area (Å²) in [4.78, 5) is 29.8. The van der Waals surface area contributed by atoms with Crippen molar-refractivity contribution in [2.75, 3.05) is 25.0 Å². The van der Waals surface area contributed by atoms with E-state index in [-0.39, 0.29) is 29.1 Å². The van der Waals surface area contributed by atoms with Gasteiger partial charge in [-0.1, -0.05) is 0 Å². The Morgan fingerprint density at radius 1 is 1.26 bits per heavy atom. The number of fused-ring (bicyclic) bond motifs is 3. The molecule has 2 aromatic heterocycles. The summed E-state index contributed by atoms with van der Waals surface area (Å²) in [5, 5.41) is 4.97. The topological polar surface area (TPSA) is 87.5 Å². The van der Waals surface area contributed by atoms with Gasteiger partial charge in [0.25, 0.3) is 5.91 Å². The van der Waals surface area contributed by atoms with Crippen molar-refractivity contribution in [1.82, 2.24) is 15.2 Å². The molecule has 144 valence electrons. The van der Waals surface area contributed by atoms with Gasteiger partial charge in [0.05, 0.1) is 0 Å². The molecule has 2 N–H and O–H groups in total. The molecule has 2 aliphatic heterocycles. The molecule has 2 fully saturated rings. The van der Waals surface area contributed by atoms with Crippen molar-refractivity contribution in [3.05, 3.63) is 24.0 Å². The van der Waals surface area contributed by atoms with E-state index in [4.69, 9.17) is 4.42 Å². The summed E-state index contributed by atoms with van der Waals surface area (Å²) < 4.78 is 42.2. The fraction of sp³-hybridized carbons (Fsp3) is 0.471. The van der Waals surface area contributed by atoms with Gasteiger partial charge < -0.3 is 14.6 Å². The average Bonchev–Trinajstić information content (AvgIpc) is 3.15. The minimum atomic E-state index is -5.02. The Morgan fingerprint density at radius 3 is 2.81 bits per heavy atom. The summed E-state index contributed by atoms with van der Waals surface area (Å²) in [7, 11) is 0. The minimum absolute atomic E-state index is 0.0504. The molecule has 0 spiro atoms. The molecule has 27 heavy (non-hydrogen) atoms. The van der Waals surface area contributed by atoms with Gasteiger partial charge in [-0.2, -0.15) is 13.2 Å². The number of aromatic nitrogens is 1. The van der Waals surface area contributed by atoms with Gasteiger partial charge in [0.15, 0.2) is 0 Å². The van der Waals surface area contributed by atoms with E-state index in [1.807, 2.05) is 0 Å². The van der Waals surface area contributed by atoms with Crippen molar-refractivity contribution < 1.29 is 27.2 Å². The summed E-state index contributed by atoms with van der Waals surface area (Å²) in [6, 6.07) is 2.63. The first-order valence-corrected chi connectivity index (χ1v) is 8.59. The number of carbonyl (C=O) groups is 2. The SMILES string of the molecule is O=C(N[C@@H]1C[C@H]2CCN(C2)C1)c1cc2oc(NC(=O)C(F)(F)F)cc2cn1. The van der Waals surface area contributed by atoms with Crippen LogP contribution in [-0.4, -0.2) is 53.6 Å². The lowest BCUT2D eigenvalue weighted by Crippen LogP contribution is -2.47. The second-order valence-electron chi connectivity index (χ2n) is 6.99. The molecule has 4 heterocycles. The summed E-state index contributed by atoms with van der Waals surface area (Å²) in [6.07, 6.45) is -1.61. The third-order valence-corrected chi connectivity index (χ3v) is 4.93. The van der Waals surface area contributed by atoms with E-state index in [0.717, 1.165) is 32.5 Å². The number of nitrogens with one attached hydrogen (secondary N) is 2. The molecular weight excluding hydrogens is 365 g/mol. The Morgan fingerprint density at radius 2 is 2.07 bits per heavy atom. The minimum Gasteiger partial charge on any atom is -0.440 e. The van der Waals surface area contributed by atoms with Crippen LogP contribution in [0.5, 0.6) is 0 Å². The molecule has 2 amide bonds. The van der Waals surface area contributed by atoms with E-state index in [1.54, 1.807) is 5.32 Å². The van der Waals surface area contributed by atoms with Crippen LogP contribution in [0.15, 0.2) is 22.7 Å². The second-order valence-corrected chi connectivity index (χ2v) is 6.99. The number of amides is 2. The molecule has 10 heteroatoms. The smallest absolute Gasteiger partial charge is 0.440 e.